The van der Waals surface area contributed by atoms with Crippen molar-refractivity contribution in [2.24, 2.45) is 0 Å². The summed E-state index contributed by atoms with van der Waals surface area (Å²) in [7, 11) is 3.77. The first-order chi connectivity index (χ1) is 8.86. The molecule has 0 aliphatic carbocycles. The van der Waals surface area contributed by atoms with Crippen LogP contribution >= 0.6 is 11.8 Å². The number of likely N-dealkylation sites (N-methyl/N-ethyl adjacent to an activating group) is 1. The third-order valence-corrected chi connectivity index (χ3v) is 4.32. The average Bonchev–Trinajstić information content (AvgIpc) is 2.46. The topological polar surface area (TPSA) is 24.5 Å². The second-order valence-electron chi connectivity index (χ2n) is 4.46. The number of benzene rings is 1. The van der Waals surface area contributed by atoms with Crippen LogP contribution in [0.3, 0.4) is 0 Å². The van der Waals surface area contributed by atoms with Crippen LogP contribution in [0.25, 0.3) is 0 Å². The second-order valence-corrected chi connectivity index (χ2v) is 5.69. The summed E-state index contributed by atoms with van der Waals surface area (Å²) < 4.78 is 5.50. The van der Waals surface area contributed by atoms with Gasteiger partial charge in [0.15, 0.2) is 0 Å². The van der Waals surface area contributed by atoms with Crippen molar-refractivity contribution < 1.29 is 4.74 Å². The molecule has 18 heavy (non-hydrogen) atoms. The van der Waals surface area contributed by atoms with Crippen molar-refractivity contribution in [2.75, 3.05) is 45.3 Å². The highest BCUT2D eigenvalue weighted by molar-refractivity contribution is 7.99. The van der Waals surface area contributed by atoms with E-state index in [4.69, 9.17) is 4.74 Å². The van der Waals surface area contributed by atoms with Crippen LogP contribution < -0.4 is 10.1 Å². The number of methoxy groups -OCH3 is 1. The lowest BCUT2D eigenvalue weighted by Crippen LogP contribution is -2.40. The fraction of sp³-hybridized carbons (Fsp3) is 0.571. The molecule has 100 valence electrons. The fourth-order valence-corrected chi connectivity index (χ4v) is 3.39. The van der Waals surface area contributed by atoms with Crippen LogP contribution in [0.5, 0.6) is 5.75 Å². The smallest absolute Gasteiger partial charge is 0.123 e. The van der Waals surface area contributed by atoms with Crippen LogP contribution in [0.15, 0.2) is 24.3 Å². The molecule has 1 atom stereocenters. The molecule has 0 bridgehead atoms. The summed E-state index contributed by atoms with van der Waals surface area (Å²) in [5.74, 6) is 3.46. The molecule has 1 aromatic carbocycles. The largest absolute Gasteiger partial charge is 0.496 e. The minimum atomic E-state index is 0.409. The molecule has 1 N–H and O–H groups in total. The third kappa shape index (κ3) is 3.19. The van der Waals surface area contributed by atoms with Crippen LogP contribution in [0.2, 0.25) is 0 Å². The molecule has 0 spiro atoms. The van der Waals surface area contributed by atoms with Crippen molar-refractivity contribution in [1.29, 1.82) is 0 Å². The third-order valence-electron chi connectivity index (χ3n) is 3.38. The minimum Gasteiger partial charge on any atom is -0.496 e. The summed E-state index contributed by atoms with van der Waals surface area (Å²) in [4.78, 5) is 2.56. The number of nitrogens with zero attached hydrogens (tertiary/aromatic N) is 1. The van der Waals surface area contributed by atoms with E-state index in [1.807, 2.05) is 24.9 Å². The van der Waals surface area contributed by atoms with Gasteiger partial charge in [-0.25, -0.2) is 0 Å². The number of ether oxygens (including phenoxy) is 1. The highest BCUT2D eigenvalue weighted by atomic mass is 32.2. The predicted octanol–water partition coefficient (Wildman–Crippen LogP) is 2.00. The molecule has 3 nitrogen and oxygen atoms in total. The van der Waals surface area contributed by atoms with E-state index in [-0.39, 0.29) is 0 Å². The Morgan fingerprint density at radius 2 is 2.06 bits per heavy atom. The monoisotopic (exact) mass is 266 g/mol. The van der Waals surface area contributed by atoms with Gasteiger partial charge in [0.2, 0.25) is 0 Å². The summed E-state index contributed by atoms with van der Waals surface area (Å²) >= 11 is 2.05. The molecular weight excluding hydrogens is 244 g/mol. The molecule has 4 heteroatoms. The lowest BCUT2D eigenvalue weighted by atomic mass is 10.0. The Hall–Kier alpha value is -0.710. The summed E-state index contributed by atoms with van der Waals surface area (Å²) in [6, 6.07) is 8.77. The van der Waals surface area contributed by atoms with Gasteiger partial charge in [0.1, 0.15) is 5.75 Å². The first-order valence-electron chi connectivity index (χ1n) is 6.46. The van der Waals surface area contributed by atoms with Gasteiger partial charge in [-0.05, 0) is 13.1 Å². The maximum atomic E-state index is 5.50. The Bertz CT molecular complexity index is 367. The van der Waals surface area contributed by atoms with Crippen LogP contribution in [-0.2, 0) is 0 Å². The van der Waals surface area contributed by atoms with Gasteiger partial charge in [0, 0.05) is 36.7 Å². The van der Waals surface area contributed by atoms with Gasteiger partial charge in [-0.3, -0.25) is 4.90 Å². The molecule has 1 fully saturated rings. The van der Waals surface area contributed by atoms with Crippen LogP contribution in [0, 0.1) is 0 Å². The fourth-order valence-electron chi connectivity index (χ4n) is 2.46. The molecule has 1 aromatic rings. The first kappa shape index (κ1) is 13.7. The second kappa shape index (κ2) is 7.02. The Morgan fingerprint density at radius 1 is 1.33 bits per heavy atom. The molecule has 1 unspecified atom stereocenters. The Morgan fingerprint density at radius 3 is 2.72 bits per heavy atom. The average molecular weight is 266 g/mol. The molecule has 2 rings (SSSR count). The van der Waals surface area contributed by atoms with Gasteiger partial charge in [-0.15, -0.1) is 0 Å². The van der Waals surface area contributed by atoms with E-state index in [1.165, 1.54) is 17.1 Å². The number of hydrogen-bond donors (Lipinski definition) is 1. The summed E-state index contributed by atoms with van der Waals surface area (Å²) in [5, 5.41) is 3.31. The van der Waals surface area contributed by atoms with Crippen molar-refractivity contribution in [2.45, 2.75) is 6.04 Å². The molecule has 1 aliphatic heterocycles. The Labute approximate surface area is 114 Å². The maximum absolute atomic E-state index is 5.50. The normalized spacial score (nSPS) is 18.6. The van der Waals surface area contributed by atoms with E-state index in [9.17, 15) is 0 Å². The minimum absolute atomic E-state index is 0.409. The molecule has 1 aliphatic rings. The van der Waals surface area contributed by atoms with Crippen molar-refractivity contribution in [3.8, 4) is 5.75 Å². The maximum Gasteiger partial charge on any atom is 0.123 e. The molecule has 1 heterocycles. The number of nitrogens with one attached hydrogen (secondary N) is 1. The van der Waals surface area contributed by atoms with Crippen LogP contribution in [0.1, 0.15) is 11.6 Å². The molecule has 0 radical (unpaired) electrons. The van der Waals surface area contributed by atoms with Gasteiger partial charge in [-0.2, -0.15) is 11.8 Å². The van der Waals surface area contributed by atoms with Gasteiger partial charge in [0.05, 0.1) is 13.2 Å². The van der Waals surface area contributed by atoms with Gasteiger partial charge in [-0.1, -0.05) is 18.2 Å². The van der Waals surface area contributed by atoms with E-state index < -0.39 is 0 Å². The zero-order valence-corrected chi connectivity index (χ0v) is 12.0. The predicted molar refractivity (Wildman–Crippen MR) is 78.6 cm³/mol. The SMILES string of the molecule is CNCC(c1ccccc1OC)N1CCSCC1. The van der Waals surface area contributed by atoms with Gasteiger partial charge >= 0.3 is 0 Å². The lowest BCUT2D eigenvalue weighted by Gasteiger charge is -2.35. The summed E-state index contributed by atoms with van der Waals surface area (Å²) in [6.45, 7) is 3.29. The van der Waals surface area contributed by atoms with Crippen LogP contribution in [0.4, 0.5) is 0 Å². The first-order valence-corrected chi connectivity index (χ1v) is 7.61. The lowest BCUT2D eigenvalue weighted by molar-refractivity contribution is 0.211. The molecular formula is C14H22N2OS. The number of thioether (sulfide) groups is 1. The number of hydrogen-bond acceptors (Lipinski definition) is 4. The number of para-hydroxylation sites is 1. The van der Waals surface area contributed by atoms with Gasteiger partial charge in [0.25, 0.3) is 0 Å². The highest BCUT2D eigenvalue weighted by Crippen LogP contribution is 2.30. The van der Waals surface area contributed by atoms with Crippen molar-refractivity contribution in [1.82, 2.24) is 10.2 Å². The summed E-state index contributed by atoms with van der Waals surface area (Å²) in [5.41, 5.74) is 1.29. The zero-order valence-electron chi connectivity index (χ0n) is 11.2. The van der Waals surface area contributed by atoms with Gasteiger partial charge < -0.3 is 10.1 Å². The van der Waals surface area contributed by atoms with Crippen molar-refractivity contribution >= 4 is 11.8 Å². The molecule has 0 amide bonds. The highest BCUT2D eigenvalue weighted by Gasteiger charge is 2.24. The van der Waals surface area contributed by atoms with E-state index >= 15 is 0 Å². The van der Waals surface area contributed by atoms with E-state index in [1.54, 1.807) is 7.11 Å². The molecule has 1 saturated heterocycles. The van der Waals surface area contributed by atoms with E-state index in [0.29, 0.717) is 6.04 Å². The molecule has 0 saturated carbocycles. The van der Waals surface area contributed by atoms with E-state index in [2.05, 4.69) is 28.4 Å². The Balaban J connectivity index is 2.22. The zero-order chi connectivity index (χ0) is 12.8. The molecule has 0 aromatic heterocycles. The summed E-state index contributed by atoms with van der Waals surface area (Å²) in [6.07, 6.45) is 0. The van der Waals surface area contributed by atoms with E-state index in [0.717, 1.165) is 25.4 Å². The van der Waals surface area contributed by atoms with Crippen molar-refractivity contribution in [3.63, 3.8) is 0 Å². The standard InChI is InChI=1S/C14H22N2OS/c1-15-11-13(16-7-9-18-10-8-16)12-5-3-4-6-14(12)17-2/h3-6,13,15H,7-11H2,1-2H3. The number of rotatable bonds is 5. The van der Waals surface area contributed by atoms with Crippen LogP contribution in [-0.4, -0.2) is 50.2 Å². The Kier molecular flexibility index (Phi) is 5.35. The van der Waals surface area contributed by atoms with Crippen molar-refractivity contribution in [3.05, 3.63) is 29.8 Å². The quantitative estimate of drug-likeness (QED) is 0.881.